The lowest BCUT2D eigenvalue weighted by Gasteiger charge is -2.03. The summed E-state index contributed by atoms with van der Waals surface area (Å²) in [6.07, 6.45) is 0. The molecule has 2 rings (SSSR count). The van der Waals surface area contributed by atoms with E-state index in [1.807, 2.05) is 12.1 Å². The quantitative estimate of drug-likeness (QED) is 0.586. The van der Waals surface area contributed by atoms with Crippen molar-refractivity contribution >= 4 is 0 Å². The van der Waals surface area contributed by atoms with E-state index in [0.29, 0.717) is 11.8 Å². The Hall–Kier alpha value is -1.02. The third-order valence-electron chi connectivity index (χ3n) is 2.19. The van der Waals surface area contributed by atoms with Crippen molar-refractivity contribution in [2.75, 3.05) is 0 Å². The number of rotatable bonds is 0. The van der Waals surface area contributed by atoms with Gasteiger partial charge in [0.1, 0.15) is 5.75 Å². The molecule has 1 aliphatic heterocycles. The number of aromatic hydroxyl groups is 1. The lowest BCUT2D eigenvalue weighted by atomic mass is 10.1. The van der Waals surface area contributed by atoms with Crippen molar-refractivity contribution in [1.82, 2.24) is 5.32 Å². The minimum atomic E-state index is 0.360. The van der Waals surface area contributed by atoms with Gasteiger partial charge in [-0.05, 0) is 30.2 Å². The Morgan fingerprint density at radius 3 is 3.18 bits per heavy atom. The highest BCUT2D eigenvalue weighted by Crippen LogP contribution is 2.27. The maximum absolute atomic E-state index is 9.19. The molecule has 11 heavy (non-hydrogen) atoms. The molecule has 0 spiro atoms. The molecular weight excluding hydrogens is 138 g/mol. The first-order valence-corrected chi connectivity index (χ1v) is 3.82. The monoisotopic (exact) mass is 149 g/mol. The minimum Gasteiger partial charge on any atom is -0.508 e. The van der Waals surface area contributed by atoms with Crippen LogP contribution in [0.15, 0.2) is 18.2 Å². The normalized spacial score (nSPS) is 21.7. The van der Waals surface area contributed by atoms with Crippen LogP contribution in [0.2, 0.25) is 0 Å². The molecule has 0 aliphatic carbocycles. The van der Waals surface area contributed by atoms with E-state index < -0.39 is 0 Å². The van der Waals surface area contributed by atoms with Crippen molar-refractivity contribution in [3.05, 3.63) is 29.3 Å². The van der Waals surface area contributed by atoms with Gasteiger partial charge in [0.15, 0.2) is 0 Å². The molecule has 0 saturated carbocycles. The zero-order valence-electron chi connectivity index (χ0n) is 6.46. The lowest BCUT2D eigenvalue weighted by Crippen LogP contribution is -2.06. The summed E-state index contributed by atoms with van der Waals surface area (Å²) in [5.41, 5.74) is 2.53. The molecule has 0 radical (unpaired) electrons. The summed E-state index contributed by atoms with van der Waals surface area (Å²) >= 11 is 0. The summed E-state index contributed by atoms with van der Waals surface area (Å²) in [5, 5.41) is 12.5. The van der Waals surface area contributed by atoms with E-state index >= 15 is 0 Å². The van der Waals surface area contributed by atoms with Gasteiger partial charge in [0, 0.05) is 12.6 Å². The van der Waals surface area contributed by atoms with E-state index in [0.717, 1.165) is 6.54 Å². The van der Waals surface area contributed by atoms with Gasteiger partial charge in [-0.2, -0.15) is 0 Å². The Bertz CT molecular complexity index is 283. The highest BCUT2D eigenvalue weighted by atomic mass is 16.3. The second kappa shape index (κ2) is 2.24. The van der Waals surface area contributed by atoms with Crippen molar-refractivity contribution in [3.8, 4) is 5.75 Å². The van der Waals surface area contributed by atoms with Gasteiger partial charge < -0.3 is 10.4 Å². The third-order valence-corrected chi connectivity index (χ3v) is 2.19. The largest absolute Gasteiger partial charge is 0.508 e. The second-order valence-electron chi connectivity index (χ2n) is 2.99. The third kappa shape index (κ3) is 0.994. The molecule has 0 unspecified atom stereocenters. The zero-order chi connectivity index (χ0) is 7.84. The molecule has 1 heterocycles. The average Bonchev–Trinajstić information content (AvgIpc) is 2.33. The number of fused-ring (bicyclic) bond motifs is 1. The van der Waals surface area contributed by atoms with Crippen LogP contribution in [0.5, 0.6) is 5.75 Å². The molecule has 1 aromatic carbocycles. The van der Waals surface area contributed by atoms with Crippen LogP contribution < -0.4 is 5.32 Å². The predicted octanol–water partition coefficient (Wildman–Crippen LogP) is 1.56. The van der Waals surface area contributed by atoms with Gasteiger partial charge in [-0.15, -0.1) is 0 Å². The highest BCUT2D eigenvalue weighted by molar-refractivity contribution is 5.39. The zero-order valence-corrected chi connectivity index (χ0v) is 6.46. The van der Waals surface area contributed by atoms with Crippen LogP contribution in [0, 0.1) is 0 Å². The summed E-state index contributed by atoms with van der Waals surface area (Å²) in [7, 11) is 0. The van der Waals surface area contributed by atoms with Gasteiger partial charge in [0.25, 0.3) is 0 Å². The topological polar surface area (TPSA) is 32.3 Å². The van der Waals surface area contributed by atoms with Crippen LogP contribution >= 0.6 is 0 Å². The van der Waals surface area contributed by atoms with Crippen molar-refractivity contribution in [1.29, 1.82) is 0 Å². The van der Waals surface area contributed by atoms with Crippen molar-refractivity contribution in [3.63, 3.8) is 0 Å². The maximum atomic E-state index is 9.19. The Balaban J connectivity index is 2.52. The maximum Gasteiger partial charge on any atom is 0.115 e. The minimum absolute atomic E-state index is 0.360. The van der Waals surface area contributed by atoms with Crippen LogP contribution in [0.3, 0.4) is 0 Å². The summed E-state index contributed by atoms with van der Waals surface area (Å²) in [6, 6.07) is 5.93. The first-order chi connectivity index (χ1) is 5.27. The number of phenolic OH excluding ortho intramolecular Hbond substituents is 1. The molecule has 0 fully saturated rings. The van der Waals surface area contributed by atoms with E-state index in [1.165, 1.54) is 11.1 Å². The van der Waals surface area contributed by atoms with Crippen molar-refractivity contribution < 1.29 is 5.11 Å². The fraction of sp³-hybridized carbons (Fsp3) is 0.333. The van der Waals surface area contributed by atoms with Crippen LogP contribution in [-0.2, 0) is 6.54 Å². The Morgan fingerprint density at radius 2 is 2.36 bits per heavy atom. The second-order valence-corrected chi connectivity index (χ2v) is 2.99. The van der Waals surface area contributed by atoms with Crippen molar-refractivity contribution in [2.45, 2.75) is 19.5 Å². The Labute approximate surface area is 65.9 Å². The Kier molecular flexibility index (Phi) is 1.36. The lowest BCUT2D eigenvalue weighted by molar-refractivity contribution is 0.474. The number of hydrogen-bond acceptors (Lipinski definition) is 2. The molecule has 58 valence electrons. The highest BCUT2D eigenvalue weighted by Gasteiger charge is 2.16. The molecule has 1 aromatic rings. The van der Waals surface area contributed by atoms with E-state index in [1.54, 1.807) is 6.07 Å². The number of phenols is 1. The molecule has 1 atom stereocenters. The number of nitrogens with one attached hydrogen (secondary N) is 1. The van der Waals surface area contributed by atoms with Crippen molar-refractivity contribution in [2.24, 2.45) is 0 Å². The van der Waals surface area contributed by atoms with Crippen LogP contribution in [0.1, 0.15) is 24.1 Å². The first-order valence-electron chi connectivity index (χ1n) is 3.82. The van der Waals surface area contributed by atoms with E-state index in [-0.39, 0.29) is 0 Å². The molecule has 1 aliphatic rings. The van der Waals surface area contributed by atoms with Gasteiger partial charge in [-0.25, -0.2) is 0 Å². The van der Waals surface area contributed by atoms with Crippen LogP contribution in [0.4, 0.5) is 0 Å². The van der Waals surface area contributed by atoms with E-state index in [4.69, 9.17) is 0 Å². The predicted molar refractivity (Wildman–Crippen MR) is 43.4 cm³/mol. The van der Waals surface area contributed by atoms with Gasteiger partial charge in [-0.3, -0.25) is 0 Å². The molecular formula is C9H11NO. The summed E-state index contributed by atoms with van der Waals surface area (Å²) < 4.78 is 0. The van der Waals surface area contributed by atoms with E-state index in [2.05, 4.69) is 12.2 Å². The van der Waals surface area contributed by atoms with Gasteiger partial charge in [0.2, 0.25) is 0 Å². The molecule has 0 aromatic heterocycles. The standard InChI is InChI=1S/C9H11NO/c1-6-9-4-8(11)3-2-7(9)5-10-6/h2-4,6,10-11H,5H2,1H3/t6-/m1/s1. The molecule has 0 bridgehead atoms. The van der Waals surface area contributed by atoms with Gasteiger partial charge >= 0.3 is 0 Å². The smallest absolute Gasteiger partial charge is 0.115 e. The fourth-order valence-electron chi connectivity index (χ4n) is 1.52. The molecule has 0 amide bonds. The van der Waals surface area contributed by atoms with Crippen LogP contribution in [0.25, 0.3) is 0 Å². The summed E-state index contributed by atoms with van der Waals surface area (Å²) in [4.78, 5) is 0. The summed E-state index contributed by atoms with van der Waals surface area (Å²) in [6.45, 7) is 3.03. The molecule has 2 heteroatoms. The fourth-order valence-corrected chi connectivity index (χ4v) is 1.52. The average molecular weight is 149 g/mol. The van der Waals surface area contributed by atoms with Gasteiger partial charge in [-0.1, -0.05) is 6.07 Å². The number of hydrogen-bond donors (Lipinski definition) is 2. The Morgan fingerprint density at radius 1 is 1.55 bits per heavy atom. The number of benzene rings is 1. The molecule has 2 nitrogen and oxygen atoms in total. The van der Waals surface area contributed by atoms with Gasteiger partial charge in [0.05, 0.1) is 0 Å². The summed E-state index contributed by atoms with van der Waals surface area (Å²) in [5.74, 6) is 0.360. The molecule has 0 saturated heterocycles. The van der Waals surface area contributed by atoms with E-state index in [9.17, 15) is 5.11 Å². The van der Waals surface area contributed by atoms with Crippen LogP contribution in [-0.4, -0.2) is 5.11 Å². The first kappa shape index (κ1) is 6.68. The SMILES string of the molecule is C[C@H]1NCc2ccc(O)cc21. The molecule has 2 N–H and O–H groups in total.